The number of nitrogens with zero attached hydrogens (tertiary/aromatic N) is 1. The van der Waals surface area contributed by atoms with Gasteiger partial charge in [0.15, 0.2) is 0 Å². The lowest BCUT2D eigenvalue weighted by molar-refractivity contribution is 0.596. The Morgan fingerprint density at radius 3 is 2.34 bits per heavy atom. The quantitative estimate of drug-likeness (QED) is 0.243. The van der Waals surface area contributed by atoms with Gasteiger partial charge < -0.3 is 0 Å². The van der Waals surface area contributed by atoms with E-state index in [2.05, 4.69) is 89.2 Å². The Morgan fingerprint density at radius 1 is 0.750 bits per heavy atom. The summed E-state index contributed by atoms with van der Waals surface area (Å²) in [4.78, 5) is 6.32. The highest BCUT2D eigenvalue weighted by atomic mass is 32.1. The van der Waals surface area contributed by atoms with Crippen molar-refractivity contribution in [3.8, 4) is 11.3 Å². The Morgan fingerprint density at radius 2 is 1.53 bits per heavy atom. The maximum Gasteiger partial charge on any atom is 0.0880 e. The van der Waals surface area contributed by atoms with E-state index in [-0.39, 0.29) is 5.41 Å². The molecule has 3 aromatic heterocycles. The molecule has 0 radical (unpaired) electrons. The van der Waals surface area contributed by atoms with Crippen LogP contribution in [0.15, 0.2) is 60.8 Å². The molecule has 0 aliphatic carbocycles. The van der Waals surface area contributed by atoms with Crippen molar-refractivity contribution in [2.24, 2.45) is 0 Å². The highest BCUT2D eigenvalue weighted by Gasteiger charge is 2.20. The second-order valence-corrected chi connectivity index (χ2v) is 12.1. The summed E-state index contributed by atoms with van der Waals surface area (Å²) in [5.74, 6) is 0. The number of pyridine rings is 1. The number of hydrogen-bond donors (Lipinski definition) is 0. The van der Waals surface area contributed by atoms with Crippen molar-refractivity contribution in [2.75, 3.05) is 0 Å². The Labute approximate surface area is 196 Å². The first kappa shape index (κ1) is 19.9. The summed E-state index contributed by atoms with van der Waals surface area (Å²) < 4.78 is 4.01. The van der Waals surface area contributed by atoms with Crippen molar-refractivity contribution in [1.82, 2.24) is 4.98 Å². The lowest BCUT2D eigenvalue weighted by atomic mass is 9.82. The monoisotopic (exact) mass is 451 g/mol. The van der Waals surface area contributed by atoms with Gasteiger partial charge in [-0.25, -0.2) is 0 Å². The molecular weight excluding hydrogens is 426 g/mol. The minimum absolute atomic E-state index is 0.0590. The van der Waals surface area contributed by atoms with Crippen LogP contribution in [0.25, 0.3) is 52.3 Å². The summed E-state index contributed by atoms with van der Waals surface area (Å²) in [6.07, 6.45) is 1.98. The fourth-order valence-corrected chi connectivity index (χ4v) is 7.21. The summed E-state index contributed by atoms with van der Waals surface area (Å²) in [6.45, 7) is 11.3. The highest BCUT2D eigenvalue weighted by molar-refractivity contribution is 7.27. The van der Waals surface area contributed by atoms with E-state index < -0.39 is 0 Å². The molecule has 0 saturated carbocycles. The van der Waals surface area contributed by atoms with Gasteiger partial charge in [0.2, 0.25) is 0 Å². The van der Waals surface area contributed by atoms with Gasteiger partial charge in [0.25, 0.3) is 0 Å². The Balaban J connectivity index is 1.67. The number of fused-ring (bicyclic) bond motifs is 5. The predicted molar refractivity (Wildman–Crippen MR) is 144 cm³/mol. The van der Waals surface area contributed by atoms with E-state index in [1.807, 2.05) is 28.9 Å². The average Bonchev–Trinajstić information content (AvgIpc) is 3.27. The maximum atomic E-state index is 4.90. The predicted octanol–water partition coefficient (Wildman–Crippen LogP) is 9.40. The molecule has 0 unspecified atom stereocenters. The number of aryl methyl sites for hydroxylation is 2. The van der Waals surface area contributed by atoms with Gasteiger partial charge in [0.1, 0.15) is 0 Å². The smallest absolute Gasteiger partial charge is 0.0880 e. The van der Waals surface area contributed by atoms with Gasteiger partial charge in [-0.15, -0.1) is 22.7 Å². The molecule has 0 aliphatic heterocycles. The molecule has 0 bridgehead atoms. The topological polar surface area (TPSA) is 12.9 Å². The molecule has 0 amide bonds. The van der Waals surface area contributed by atoms with E-state index >= 15 is 0 Å². The van der Waals surface area contributed by atoms with Crippen LogP contribution in [0.5, 0.6) is 0 Å². The van der Waals surface area contributed by atoms with Crippen LogP contribution in [-0.2, 0) is 5.41 Å². The third-order valence-electron chi connectivity index (χ3n) is 6.63. The van der Waals surface area contributed by atoms with Crippen molar-refractivity contribution in [3.05, 3.63) is 76.8 Å². The zero-order valence-corrected chi connectivity index (χ0v) is 20.7. The lowest BCUT2D eigenvalue weighted by Crippen LogP contribution is -2.12. The summed E-state index contributed by atoms with van der Waals surface area (Å²) in [5, 5.41) is 6.66. The largest absolute Gasteiger partial charge is 0.255 e. The summed E-state index contributed by atoms with van der Waals surface area (Å²) in [6, 6.07) is 20.4. The summed E-state index contributed by atoms with van der Waals surface area (Å²) in [5.41, 5.74) is 5.14. The van der Waals surface area contributed by atoms with Crippen LogP contribution in [0.3, 0.4) is 0 Å². The molecule has 0 atom stereocenters. The number of thiophene rings is 2. The van der Waals surface area contributed by atoms with Crippen molar-refractivity contribution < 1.29 is 0 Å². The van der Waals surface area contributed by atoms with Gasteiger partial charge in [-0.1, -0.05) is 45.0 Å². The van der Waals surface area contributed by atoms with Crippen molar-refractivity contribution in [1.29, 1.82) is 0 Å². The number of aromatic nitrogens is 1. The molecule has 0 N–H and O–H groups in total. The van der Waals surface area contributed by atoms with Gasteiger partial charge >= 0.3 is 0 Å². The molecule has 3 heteroatoms. The molecule has 3 aromatic carbocycles. The first-order chi connectivity index (χ1) is 15.3. The Hall–Kier alpha value is -2.75. The number of hydrogen-bond acceptors (Lipinski definition) is 3. The molecular formula is C29H25NS2. The van der Waals surface area contributed by atoms with E-state index in [1.165, 1.54) is 62.6 Å². The third-order valence-corrected chi connectivity index (χ3v) is 8.97. The van der Waals surface area contributed by atoms with Crippen LogP contribution in [0.2, 0.25) is 0 Å². The van der Waals surface area contributed by atoms with Crippen LogP contribution >= 0.6 is 22.7 Å². The fourth-order valence-electron chi connectivity index (χ4n) is 4.81. The Kier molecular flexibility index (Phi) is 4.27. The van der Waals surface area contributed by atoms with Gasteiger partial charge in [0, 0.05) is 36.8 Å². The molecule has 0 fully saturated rings. The van der Waals surface area contributed by atoms with Crippen LogP contribution in [0.4, 0.5) is 0 Å². The molecule has 0 saturated heterocycles. The zero-order chi connectivity index (χ0) is 22.2. The molecule has 0 aliphatic rings. The molecule has 3 heterocycles. The van der Waals surface area contributed by atoms with E-state index in [1.54, 1.807) is 0 Å². The molecule has 6 aromatic rings. The zero-order valence-electron chi connectivity index (χ0n) is 19.0. The third kappa shape index (κ3) is 2.92. The molecule has 1 nitrogen and oxygen atoms in total. The minimum Gasteiger partial charge on any atom is -0.255 e. The van der Waals surface area contributed by atoms with Crippen molar-refractivity contribution in [3.63, 3.8) is 0 Å². The minimum atomic E-state index is 0.0590. The Bertz CT molecular complexity index is 1680. The van der Waals surface area contributed by atoms with Gasteiger partial charge in [-0.2, -0.15) is 0 Å². The van der Waals surface area contributed by atoms with Crippen molar-refractivity contribution in [2.45, 2.75) is 40.0 Å². The van der Waals surface area contributed by atoms with Gasteiger partial charge in [0.05, 0.1) is 10.4 Å². The van der Waals surface area contributed by atoms with Crippen LogP contribution in [-0.4, -0.2) is 4.98 Å². The second kappa shape index (κ2) is 6.87. The standard InChI is InChI=1S/C29H25NS2/c1-16-17(2)31-25-15-26-23(14-22(16)25)21-10-11-30-27(28(21)32-26)19-12-18-8-6-7-9-20(18)24(13-19)29(3,4)5/h6-15H,1-5H3. The van der Waals surface area contributed by atoms with Crippen molar-refractivity contribution >= 4 is 63.7 Å². The summed E-state index contributed by atoms with van der Waals surface area (Å²) in [7, 11) is 0. The fraction of sp³-hybridized carbons (Fsp3) is 0.207. The van der Waals surface area contributed by atoms with E-state index in [0.717, 1.165) is 5.69 Å². The van der Waals surface area contributed by atoms with Crippen LogP contribution < -0.4 is 0 Å². The maximum absolute atomic E-state index is 4.90. The highest BCUT2D eigenvalue weighted by Crippen LogP contribution is 2.44. The lowest BCUT2D eigenvalue weighted by Gasteiger charge is -2.22. The van der Waals surface area contributed by atoms with E-state index in [9.17, 15) is 0 Å². The van der Waals surface area contributed by atoms with Gasteiger partial charge in [-0.05, 0) is 76.9 Å². The number of rotatable bonds is 1. The molecule has 158 valence electrons. The van der Waals surface area contributed by atoms with Crippen LogP contribution in [0.1, 0.15) is 36.8 Å². The van der Waals surface area contributed by atoms with Crippen LogP contribution in [0, 0.1) is 13.8 Å². The molecule has 0 spiro atoms. The molecule has 32 heavy (non-hydrogen) atoms. The average molecular weight is 452 g/mol. The first-order valence-corrected chi connectivity index (χ1v) is 12.7. The van der Waals surface area contributed by atoms with E-state index in [4.69, 9.17) is 4.98 Å². The summed E-state index contributed by atoms with van der Waals surface area (Å²) >= 11 is 3.78. The first-order valence-electron chi connectivity index (χ1n) is 11.1. The SMILES string of the molecule is Cc1sc2cc3sc4c(-c5cc(C(C)(C)C)c6ccccc6c5)nccc4c3cc2c1C. The second-order valence-electron chi connectivity index (χ2n) is 9.76. The van der Waals surface area contributed by atoms with Gasteiger partial charge in [-0.3, -0.25) is 4.98 Å². The number of benzene rings is 3. The molecule has 6 rings (SSSR count). The normalized spacial score (nSPS) is 12.5. The van der Waals surface area contributed by atoms with E-state index in [0.29, 0.717) is 0 Å².